The molecule has 0 bridgehead atoms. The van der Waals surface area contributed by atoms with Gasteiger partial charge in [0.25, 0.3) is 0 Å². The Balaban J connectivity index is 0.000000198. The Morgan fingerprint density at radius 2 is 1.11 bits per heavy atom. The molecule has 2 saturated heterocycles. The van der Waals surface area contributed by atoms with Gasteiger partial charge in [0.05, 0.1) is 29.5 Å². The normalized spacial score (nSPS) is 15.3. The van der Waals surface area contributed by atoms with Crippen molar-refractivity contribution in [2.24, 2.45) is 11.8 Å². The first-order chi connectivity index (χ1) is 21.6. The standard InChI is InChI=1S/C13H16BrFN2O2.C13H17FN2O2.C5H3F2N/c1-2-19-13(18)9-5-7-17(8-6-9)11-4-3-10(14)12(15)16-11;1-2-18-13(17)10-6-8-16(9-7-10)12-5-3-4-11(14)15-12;6-4-2-1-3-5(7)8-4/h3-4,9H,2,5-8H2,1H3;3-5,10H,2,6-9H2,1H3;1-3H. The SMILES string of the molecule is CCOC(=O)C1CCN(c2ccc(Br)c(F)n2)CC1.CCOC(=O)C1CCN(c2cccc(F)n2)CC1.Fc1cccc(F)n1. The van der Waals surface area contributed by atoms with Crippen molar-refractivity contribution in [1.82, 2.24) is 15.0 Å². The highest BCUT2D eigenvalue weighted by Gasteiger charge is 2.27. The number of carbonyl (C=O) groups is 2. The molecule has 14 heteroatoms. The second kappa shape index (κ2) is 18.2. The van der Waals surface area contributed by atoms with Crippen LogP contribution in [0, 0.1) is 35.6 Å². The Morgan fingerprint density at radius 3 is 1.49 bits per heavy atom. The molecule has 0 atom stereocenters. The number of pyridine rings is 3. The van der Waals surface area contributed by atoms with Gasteiger partial charge in [-0.2, -0.15) is 22.5 Å². The zero-order valence-electron chi connectivity index (χ0n) is 25.1. The van der Waals surface area contributed by atoms with Crippen LogP contribution in [0.1, 0.15) is 39.5 Å². The highest BCUT2D eigenvalue weighted by atomic mass is 79.9. The molecule has 0 radical (unpaired) electrons. The second-order valence-corrected chi connectivity index (χ2v) is 10.9. The summed E-state index contributed by atoms with van der Waals surface area (Å²) in [5.74, 6) is -1.63. The van der Waals surface area contributed by atoms with E-state index in [9.17, 15) is 27.2 Å². The number of carbonyl (C=O) groups excluding carboxylic acids is 2. The van der Waals surface area contributed by atoms with E-state index in [0.717, 1.165) is 37.8 Å². The summed E-state index contributed by atoms with van der Waals surface area (Å²) in [7, 11) is 0. The van der Waals surface area contributed by atoms with Crippen molar-refractivity contribution in [3.8, 4) is 0 Å². The molecular formula is C31H36BrF4N5O4. The van der Waals surface area contributed by atoms with Crippen molar-refractivity contribution >= 4 is 39.5 Å². The van der Waals surface area contributed by atoms with E-state index in [0.29, 0.717) is 55.5 Å². The minimum Gasteiger partial charge on any atom is -0.466 e. The molecule has 2 fully saturated rings. The number of nitrogens with zero attached hydrogens (tertiary/aromatic N) is 5. The van der Waals surface area contributed by atoms with Gasteiger partial charge >= 0.3 is 11.9 Å². The van der Waals surface area contributed by atoms with Crippen LogP contribution in [-0.4, -0.2) is 66.3 Å². The lowest BCUT2D eigenvalue weighted by Crippen LogP contribution is -2.37. The Labute approximate surface area is 268 Å². The second-order valence-electron chi connectivity index (χ2n) is 10.1. The number of hydrogen-bond acceptors (Lipinski definition) is 9. The van der Waals surface area contributed by atoms with E-state index in [2.05, 4.69) is 30.9 Å². The van der Waals surface area contributed by atoms with Crippen molar-refractivity contribution in [3.05, 3.63) is 76.8 Å². The first-order valence-electron chi connectivity index (χ1n) is 14.7. The molecular weight excluding hydrogens is 662 g/mol. The van der Waals surface area contributed by atoms with Crippen LogP contribution in [0.2, 0.25) is 0 Å². The molecule has 2 aliphatic heterocycles. The molecule has 2 aliphatic rings. The third-order valence-electron chi connectivity index (χ3n) is 7.05. The number of rotatable bonds is 6. The van der Waals surface area contributed by atoms with Gasteiger partial charge in [-0.15, -0.1) is 0 Å². The molecule has 5 heterocycles. The summed E-state index contributed by atoms with van der Waals surface area (Å²) in [5, 5.41) is 0. The zero-order chi connectivity index (χ0) is 32.8. The van der Waals surface area contributed by atoms with Gasteiger partial charge < -0.3 is 19.3 Å². The van der Waals surface area contributed by atoms with Crippen LogP contribution in [0.15, 0.2) is 53.0 Å². The Morgan fingerprint density at radius 1 is 0.689 bits per heavy atom. The van der Waals surface area contributed by atoms with E-state index < -0.39 is 23.8 Å². The van der Waals surface area contributed by atoms with Crippen molar-refractivity contribution < 1.29 is 36.6 Å². The van der Waals surface area contributed by atoms with E-state index in [4.69, 9.17) is 9.47 Å². The fraction of sp³-hybridized carbons (Fsp3) is 0.452. The summed E-state index contributed by atoms with van der Waals surface area (Å²) < 4.78 is 60.4. The molecule has 0 N–H and O–H groups in total. The van der Waals surface area contributed by atoms with Gasteiger partial charge in [-0.3, -0.25) is 9.59 Å². The van der Waals surface area contributed by atoms with E-state index >= 15 is 0 Å². The first kappa shape index (κ1) is 35.7. The molecule has 0 amide bonds. The topological polar surface area (TPSA) is 97.7 Å². The van der Waals surface area contributed by atoms with Gasteiger partial charge in [0.2, 0.25) is 23.8 Å². The summed E-state index contributed by atoms with van der Waals surface area (Å²) in [6.45, 7) is 7.25. The molecule has 0 saturated carbocycles. The Hall–Kier alpha value is -3.81. The molecule has 9 nitrogen and oxygen atoms in total. The van der Waals surface area contributed by atoms with Crippen molar-refractivity contribution in [1.29, 1.82) is 0 Å². The van der Waals surface area contributed by atoms with Gasteiger partial charge in [-0.1, -0.05) is 12.1 Å². The summed E-state index contributed by atoms with van der Waals surface area (Å²) in [5.41, 5.74) is 0. The lowest BCUT2D eigenvalue weighted by Gasteiger charge is -2.31. The van der Waals surface area contributed by atoms with E-state index in [1.165, 1.54) is 12.1 Å². The number of piperidine rings is 2. The lowest BCUT2D eigenvalue weighted by atomic mass is 9.97. The maximum Gasteiger partial charge on any atom is 0.309 e. The van der Waals surface area contributed by atoms with Crippen molar-refractivity contribution in [2.45, 2.75) is 39.5 Å². The maximum atomic E-state index is 13.4. The molecule has 0 aromatic carbocycles. The fourth-order valence-corrected chi connectivity index (χ4v) is 4.97. The van der Waals surface area contributed by atoms with Gasteiger partial charge in [-0.05, 0) is 91.9 Å². The third kappa shape index (κ3) is 11.6. The average Bonchev–Trinajstić information content (AvgIpc) is 3.03. The summed E-state index contributed by atoms with van der Waals surface area (Å²) in [6, 6.07) is 11.6. The average molecular weight is 699 g/mol. The molecule has 3 aromatic heterocycles. The Kier molecular flexibility index (Phi) is 14.4. The summed E-state index contributed by atoms with van der Waals surface area (Å²) in [4.78, 5) is 37.8. The zero-order valence-corrected chi connectivity index (χ0v) is 26.7. The smallest absolute Gasteiger partial charge is 0.309 e. The van der Waals surface area contributed by atoms with Crippen LogP contribution in [0.25, 0.3) is 0 Å². The van der Waals surface area contributed by atoms with Crippen LogP contribution >= 0.6 is 15.9 Å². The highest BCUT2D eigenvalue weighted by molar-refractivity contribution is 9.10. The van der Waals surface area contributed by atoms with Gasteiger partial charge in [0.15, 0.2) is 0 Å². The lowest BCUT2D eigenvalue weighted by molar-refractivity contribution is -0.149. The number of halogens is 5. The molecule has 3 aromatic rings. The maximum absolute atomic E-state index is 13.4. The van der Waals surface area contributed by atoms with Gasteiger partial charge in [0.1, 0.15) is 11.6 Å². The van der Waals surface area contributed by atoms with Gasteiger partial charge in [0, 0.05) is 26.2 Å². The first-order valence-corrected chi connectivity index (χ1v) is 15.5. The molecule has 5 rings (SSSR count). The van der Waals surface area contributed by atoms with Crippen LogP contribution in [0.5, 0.6) is 0 Å². The van der Waals surface area contributed by atoms with Gasteiger partial charge in [-0.25, -0.2) is 9.97 Å². The fourth-order valence-electron chi connectivity index (χ4n) is 4.75. The van der Waals surface area contributed by atoms with E-state index in [1.807, 2.05) is 23.6 Å². The van der Waals surface area contributed by atoms with Crippen LogP contribution in [-0.2, 0) is 19.1 Å². The number of esters is 2. The van der Waals surface area contributed by atoms with Crippen LogP contribution in [0.3, 0.4) is 0 Å². The number of anilines is 2. The molecule has 244 valence electrons. The molecule has 0 aliphatic carbocycles. The van der Waals surface area contributed by atoms with Crippen LogP contribution in [0.4, 0.5) is 29.2 Å². The van der Waals surface area contributed by atoms with E-state index in [1.54, 1.807) is 24.3 Å². The van der Waals surface area contributed by atoms with Crippen LogP contribution < -0.4 is 9.80 Å². The van der Waals surface area contributed by atoms with Crippen molar-refractivity contribution in [2.75, 3.05) is 49.2 Å². The molecule has 45 heavy (non-hydrogen) atoms. The highest BCUT2D eigenvalue weighted by Crippen LogP contribution is 2.25. The largest absolute Gasteiger partial charge is 0.466 e. The summed E-state index contributed by atoms with van der Waals surface area (Å²) >= 11 is 3.08. The summed E-state index contributed by atoms with van der Waals surface area (Å²) in [6.07, 6.45) is 2.91. The predicted molar refractivity (Wildman–Crippen MR) is 163 cm³/mol. The Bertz CT molecular complexity index is 1370. The van der Waals surface area contributed by atoms with Crippen molar-refractivity contribution in [3.63, 3.8) is 0 Å². The third-order valence-corrected chi connectivity index (χ3v) is 7.64. The molecule has 0 spiro atoms. The van der Waals surface area contributed by atoms with E-state index in [-0.39, 0.29) is 23.8 Å². The monoisotopic (exact) mass is 697 g/mol. The predicted octanol–water partition coefficient (Wildman–Crippen LogP) is 6.12. The number of aromatic nitrogens is 3. The minimum atomic E-state index is -0.787. The minimum absolute atomic E-state index is 0.0326. The quantitative estimate of drug-likeness (QED) is 0.171. The number of hydrogen-bond donors (Lipinski definition) is 0. The molecule has 0 unspecified atom stereocenters. The number of ether oxygens (including phenoxy) is 2.